The molecule has 0 unspecified atom stereocenters. The van der Waals surface area contributed by atoms with Crippen LogP contribution in [0.4, 0.5) is 0 Å². The Kier molecular flexibility index (Phi) is 7.73. The minimum absolute atomic E-state index is 0.588. The second-order valence-electron chi connectivity index (χ2n) is 3.59. The highest BCUT2D eigenvalue weighted by Gasteiger charge is 1.95. The molecule has 16 heavy (non-hydrogen) atoms. The van der Waals surface area contributed by atoms with Gasteiger partial charge in [-0.05, 0) is 24.1 Å². The van der Waals surface area contributed by atoms with Crippen molar-refractivity contribution in [3.8, 4) is 0 Å². The highest BCUT2D eigenvalue weighted by atomic mass is 35.5. The van der Waals surface area contributed by atoms with E-state index in [1.807, 2.05) is 11.8 Å². The normalized spacial score (nSPS) is 10.6. The van der Waals surface area contributed by atoms with E-state index < -0.39 is 0 Å². The molecule has 3 heteroatoms. The second-order valence-corrected chi connectivity index (χ2v) is 5.03. The first-order valence-electron chi connectivity index (χ1n) is 5.72. The van der Waals surface area contributed by atoms with Crippen LogP contribution >= 0.6 is 23.4 Å². The summed E-state index contributed by atoms with van der Waals surface area (Å²) in [5, 5.41) is 0. The molecule has 1 aromatic carbocycles. The highest BCUT2D eigenvalue weighted by molar-refractivity contribution is 7.99. The molecule has 0 radical (unpaired) electrons. The fraction of sp³-hybridized carbons (Fsp3) is 0.538. The van der Waals surface area contributed by atoms with E-state index in [0.29, 0.717) is 5.88 Å². The van der Waals surface area contributed by atoms with Gasteiger partial charge in [-0.25, -0.2) is 0 Å². The standard InChI is InChI=1S/C13H19ClOS/c1-2-3-8-15-9-10-16-13-6-4-12(11-14)5-7-13/h4-7H,2-3,8-11H2,1H3. The summed E-state index contributed by atoms with van der Waals surface area (Å²) in [5.41, 5.74) is 1.17. The van der Waals surface area contributed by atoms with Crippen LogP contribution in [0.15, 0.2) is 29.2 Å². The topological polar surface area (TPSA) is 9.23 Å². The Morgan fingerprint density at radius 2 is 1.94 bits per heavy atom. The Balaban J connectivity index is 2.12. The molecule has 0 fully saturated rings. The zero-order valence-corrected chi connectivity index (χ0v) is 11.3. The molecular formula is C13H19ClOS. The fourth-order valence-corrected chi connectivity index (χ4v) is 2.19. The third-order valence-corrected chi connectivity index (χ3v) is 3.50. The molecular weight excluding hydrogens is 240 g/mol. The third-order valence-electron chi connectivity index (χ3n) is 2.22. The minimum atomic E-state index is 0.588. The first kappa shape index (κ1) is 13.9. The van der Waals surface area contributed by atoms with Crippen molar-refractivity contribution in [3.63, 3.8) is 0 Å². The van der Waals surface area contributed by atoms with Crippen LogP contribution in [0.2, 0.25) is 0 Å². The summed E-state index contributed by atoms with van der Waals surface area (Å²) in [4.78, 5) is 1.29. The van der Waals surface area contributed by atoms with Crippen LogP contribution in [-0.4, -0.2) is 19.0 Å². The Bertz CT molecular complexity index is 274. The van der Waals surface area contributed by atoms with Gasteiger partial charge in [0.15, 0.2) is 0 Å². The summed E-state index contributed by atoms with van der Waals surface area (Å²) < 4.78 is 5.50. The lowest BCUT2D eigenvalue weighted by atomic mass is 10.2. The van der Waals surface area contributed by atoms with Crippen molar-refractivity contribution in [1.29, 1.82) is 0 Å². The maximum absolute atomic E-state index is 5.73. The molecule has 0 aliphatic rings. The lowest BCUT2D eigenvalue weighted by Crippen LogP contribution is -1.98. The number of ether oxygens (including phenoxy) is 1. The Morgan fingerprint density at radius 3 is 2.56 bits per heavy atom. The van der Waals surface area contributed by atoms with E-state index in [9.17, 15) is 0 Å². The van der Waals surface area contributed by atoms with E-state index in [-0.39, 0.29) is 0 Å². The quantitative estimate of drug-likeness (QED) is 0.390. The molecule has 1 aromatic rings. The van der Waals surface area contributed by atoms with Crippen LogP contribution in [0, 0.1) is 0 Å². The summed E-state index contributed by atoms with van der Waals surface area (Å²) in [6.45, 7) is 3.90. The maximum atomic E-state index is 5.73. The molecule has 1 rings (SSSR count). The largest absolute Gasteiger partial charge is 0.381 e. The Hall–Kier alpha value is -0.180. The zero-order valence-electron chi connectivity index (χ0n) is 9.75. The van der Waals surface area contributed by atoms with Crippen molar-refractivity contribution >= 4 is 23.4 Å². The highest BCUT2D eigenvalue weighted by Crippen LogP contribution is 2.18. The van der Waals surface area contributed by atoms with Gasteiger partial charge in [-0.15, -0.1) is 23.4 Å². The molecule has 0 aromatic heterocycles. The van der Waals surface area contributed by atoms with Crippen molar-refractivity contribution in [2.45, 2.75) is 30.5 Å². The summed E-state index contributed by atoms with van der Waals surface area (Å²) in [6.07, 6.45) is 2.36. The average Bonchev–Trinajstić information content (AvgIpc) is 2.34. The third kappa shape index (κ3) is 5.78. The number of benzene rings is 1. The lowest BCUT2D eigenvalue weighted by Gasteiger charge is -2.04. The van der Waals surface area contributed by atoms with Crippen LogP contribution in [0.25, 0.3) is 0 Å². The Morgan fingerprint density at radius 1 is 1.19 bits per heavy atom. The van der Waals surface area contributed by atoms with Crippen LogP contribution in [0.5, 0.6) is 0 Å². The van der Waals surface area contributed by atoms with Crippen LogP contribution < -0.4 is 0 Å². The number of alkyl halides is 1. The predicted molar refractivity (Wildman–Crippen MR) is 72.5 cm³/mol. The molecule has 0 atom stereocenters. The van der Waals surface area contributed by atoms with E-state index >= 15 is 0 Å². The van der Waals surface area contributed by atoms with Crippen LogP contribution in [-0.2, 0) is 10.6 Å². The first-order valence-corrected chi connectivity index (χ1v) is 7.24. The number of hydrogen-bond donors (Lipinski definition) is 0. The molecule has 0 aliphatic heterocycles. The van der Waals surface area contributed by atoms with Gasteiger partial charge in [0.2, 0.25) is 0 Å². The van der Waals surface area contributed by atoms with E-state index in [0.717, 1.165) is 25.4 Å². The van der Waals surface area contributed by atoms with Gasteiger partial charge in [-0.3, -0.25) is 0 Å². The second kappa shape index (κ2) is 8.91. The monoisotopic (exact) mass is 258 g/mol. The van der Waals surface area contributed by atoms with Gasteiger partial charge in [0.05, 0.1) is 6.61 Å². The first-order chi connectivity index (χ1) is 7.86. The number of unbranched alkanes of at least 4 members (excludes halogenated alkanes) is 1. The maximum Gasteiger partial charge on any atom is 0.0560 e. The van der Waals surface area contributed by atoms with E-state index in [1.54, 1.807) is 0 Å². The molecule has 0 saturated heterocycles. The fourth-order valence-electron chi connectivity index (χ4n) is 1.24. The Labute approximate surface area is 108 Å². The summed E-state index contributed by atoms with van der Waals surface area (Å²) in [5.74, 6) is 1.61. The van der Waals surface area contributed by atoms with Gasteiger partial charge in [0.1, 0.15) is 0 Å². The molecule has 0 bridgehead atoms. The van der Waals surface area contributed by atoms with Crippen LogP contribution in [0.3, 0.4) is 0 Å². The molecule has 0 spiro atoms. The molecule has 0 saturated carbocycles. The van der Waals surface area contributed by atoms with Gasteiger partial charge >= 0.3 is 0 Å². The summed E-state index contributed by atoms with van der Waals surface area (Å²) >= 11 is 7.56. The zero-order chi connectivity index (χ0) is 11.6. The number of thioether (sulfide) groups is 1. The van der Waals surface area contributed by atoms with Gasteiger partial charge < -0.3 is 4.74 Å². The number of hydrogen-bond acceptors (Lipinski definition) is 2. The number of halogens is 1. The van der Waals surface area contributed by atoms with Gasteiger partial charge in [0.25, 0.3) is 0 Å². The van der Waals surface area contributed by atoms with Gasteiger partial charge in [-0.1, -0.05) is 25.5 Å². The van der Waals surface area contributed by atoms with Crippen molar-refractivity contribution in [2.24, 2.45) is 0 Å². The molecule has 90 valence electrons. The van der Waals surface area contributed by atoms with Gasteiger partial charge in [0, 0.05) is 23.1 Å². The number of rotatable bonds is 8. The predicted octanol–water partition coefficient (Wildman–Crippen LogP) is 4.33. The molecule has 0 amide bonds. The summed E-state index contributed by atoms with van der Waals surface area (Å²) in [7, 11) is 0. The van der Waals surface area contributed by atoms with Crippen molar-refractivity contribution in [3.05, 3.63) is 29.8 Å². The van der Waals surface area contributed by atoms with Gasteiger partial charge in [-0.2, -0.15) is 0 Å². The van der Waals surface area contributed by atoms with E-state index in [2.05, 4.69) is 31.2 Å². The van der Waals surface area contributed by atoms with E-state index in [1.165, 1.54) is 16.9 Å². The molecule has 0 heterocycles. The molecule has 0 N–H and O–H groups in total. The van der Waals surface area contributed by atoms with Crippen molar-refractivity contribution in [1.82, 2.24) is 0 Å². The average molecular weight is 259 g/mol. The van der Waals surface area contributed by atoms with E-state index in [4.69, 9.17) is 16.3 Å². The minimum Gasteiger partial charge on any atom is -0.381 e. The summed E-state index contributed by atoms with van der Waals surface area (Å²) in [6, 6.07) is 8.39. The van der Waals surface area contributed by atoms with Crippen molar-refractivity contribution < 1.29 is 4.74 Å². The molecule has 0 aliphatic carbocycles. The SMILES string of the molecule is CCCCOCCSc1ccc(CCl)cc1. The smallest absolute Gasteiger partial charge is 0.0560 e. The van der Waals surface area contributed by atoms with Crippen LogP contribution in [0.1, 0.15) is 25.3 Å². The van der Waals surface area contributed by atoms with Crippen molar-refractivity contribution in [2.75, 3.05) is 19.0 Å². The molecule has 1 nitrogen and oxygen atoms in total. The lowest BCUT2D eigenvalue weighted by molar-refractivity contribution is 0.147.